The number of nitrogens with zero attached hydrogens (tertiary/aromatic N) is 1. The van der Waals surface area contributed by atoms with Crippen LogP contribution in [0.2, 0.25) is 0 Å². The Morgan fingerprint density at radius 2 is 2.35 bits per heavy atom. The van der Waals surface area contributed by atoms with Gasteiger partial charge in [-0.25, -0.2) is 0 Å². The minimum Gasteiger partial charge on any atom is -0.384 e. The van der Waals surface area contributed by atoms with Gasteiger partial charge < -0.3 is 26.0 Å². The van der Waals surface area contributed by atoms with E-state index in [1.165, 1.54) is 0 Å². The molecule has 0 radical (unpaired) electrons. The van der Waals surface area contributed by atoms with Crippen LogP contribution in [-0.2, 0) is 9.53 Å². The molecule has 0 bridgehead atoms. The van der Waals surface area contributed by atoms with Gasteiger partial charge in [0.1, 0.15) is 0 Å². The molecule has 0 unspecified atom stereocenters. The van der Waals surface area contributed by atoms with Gasteiger partial charge in [-0.05, 0) is 13.1 Å². The van der Waals surface area contributed by atoms with Crippen LogP contribution in [0.25, 0.3) is 0 Å². The van der Waals surface area contributed by atoms with Gasteiger partial charge in [-0.1, -0.05) is 0 Å². The summed E-state index contributed by atoms with van der Waals surface area (Å²) in [4.78, 5) is 14.1. The van der Waals surface area contributed by atoms with E-state index < -0.39 is 0 Å². The molecule has 4 N–H and O–H groups in total. The summed E-state index contributed by atoms with van der Waals surface area (Å²) in [5.74, 6) is -0.0125. The molecule has 6 nitrogen and oxygen atoms in total. The van der Waals surface area contributed by atoms with Gasteiger partial charge >= 0.3 is 0 Å². The Bertz CT molecular complexity index is 279. The fraction of sp³-hybridized carbons (Fsp3) is 0.727. The molecule has 1 aliphatic heterocycles. The summed E-state index contributed by atoms with van der Waals surface area (Å²) in [6.45, 7) is 2.86. The van der Waals surface area contributed by atoms with E-state index in [-0.39, 0.29) is 11.9 Å². The zero-order valence-electron chi connectivity index (χ0n) is 10.5. The van der Waals surface area contributed by atoms with Crippen LogP contribution in [-0.4, -0.2) is 63.8 Å². The molecule has 0 aromatic rings. The van der Waals surface area contributed by atoms with Gasteiger partial charge in [0.05, 0.1) is 25.0 Å². The predicted octanol–water partition coefficient (Wildman–Crippen LogP) is -1.50. The molecule has 17 heavy (non-hydrogen) atoms. The number of carbonyl (C=O) groups is 1. The second-order valence-corrected chi connectivity index (χ2v) is 3.89. The van der Waals surface area contributed by atoms with Crippen LogP contribution in [0.3, 0.4) is 0 Å². The van der Waals surface area contributed by atoms with Crippen molar-refractivity contribution >= 4 is 5.91 Å². The average Bonchev–Trinajstić information content (AvgIpc) is 2.36. The minimum absolute atomic E-state index is 0.0125. The molecule has 0 aromatic heterocycles. The highest BCUT2D eigenvalue weighted by Gasteiger charge is 2.28. The summed E-state index contributed by atoms with van der Waals surface area (Å²) in [5.41, 5.74) is 5.99. The molecule has 0 spiro atoms. The molecule has 0 aliphatic carbocycles. The van der Waals surface area contributed by atoms with Crippen LogP contribution >= 0.6 is 0 Å². The molecule has 98 valence electrons. The first-order chi connectivity index (χ1) is 8.24. The van der Waals surface area contributed by atoms with Crippen molar-refractivity contribution in [3.05, 3.63) is 11.8 Å². The van der Waals surface area contributed by atoms with Crippen molar-refractivity contribution in [2.24, 2.45) is 5.73 Å². The van der Waals surface area contributed by atoms with E-state index in [0.717, 1.165) is 6.54 Å². The van der Waals surface area contributed by atoms with Crippen LogP contribution in [0.4, 0.5) is 0 Å². The number of rotatable bonds is 5. The molecular formula is C11H22N4O2. The molecule has 1 rings (SSSR count). The van der Waals surface area contributed by atoms with Crippen molar-refractivity contribution in [3.8, 4) is 0 Å². The van der Waals surface area contributed by atoms with E-state index in [4.69, 9.17) is 10.5 Å². The van der Waals surface area contributed by atoms with Crippen LogP contribution in [0.5, 0.6) is 0 Å². The maximum absolute atomic E-state index is 12.3. The highest BCUT2D eigenvalue weighted by Crippen LogP contribution is 2.09. The zero-order valence-corrected chi connectivity index (χ0v) is 10.5. The van der Waals surface area contributed by atoms with Crippen molar-refractivity contribution in [3.63, 3.8) is 0 Å². The lowest BCUT2D eigenvalue weighted by Gasteiger charge is -2.36. The van der Waals surface area contributed by atoms with Gasteiger partial charge in [0, 0.05) is 26.7 Å². The Kier molecular flexibility index (Phi) is 5.96. The Morgan fingerprint density at radius 1 is 1.59 bits per heavy atom. The summed E-state index contributed by atoms with van der Waals surface area (Å²) in [7, 11) is 3.60. The second kappa shape index (κ2) is 7.26. The normalized spacial score (nSPS) is 21.5. The first-order valence-corrected chi connectivity index (χ1v) is 5.85. The summed E-state index contributed by atoms with van der Waals surface area (Å²) in [6, 6.07) is 0.0794. The van der Waals surface area contributed by atoms with Crippen molar-refractivity contribution in [2.45, 2.75) is 6.04 Å². The van der Waals surface area contributed by atoms with E-state index in [9.17, 15) is 4.79 Å². The maximum Gasteiger partial charge on any atom is 0.270 e. The number of carbonyl (C=O) groups excluding carboxylic acids is 1. The van der Waals surface area contributed by atoms with E-state index >= 15 is 0 Å². The summed E-state index contributed by atoms with van der Waals surface area (Å²) in [6.07, 6.45) is 1.70. The van der Waals surface area contributed by atoms with Gasteiger partial charge in [0.15, 0.2) is 0 Å². The topological polar surface area (TPSA) is 79.6 Å². The van der Waals surface area contributed by atoms with Crippen molar-refractivity contribution < 1.29 is 9.53 Å². The Morgan fingerprint density at radius 3 is 2.94 bits per heavy atom. The summed E-state index contributed by atoms with van der Waals surface area (Å²) < 4.78 is 5.39. The van der Waals surface area contributed by atoms with E-state index in [0.29, 0.717) is 32.0 Å². The highest BCUT2D eigenvalue weighted by molar-refractivity contribution is 5.93. The lowest BCUT2D eigenvalue weighted by Crippen LogP contribution is -2.53. The molecule has 0 aromatic carbocycles. The fourth-order valence-electron chi connectivity index (χ4n) is 1.90. The van der Waals surface area contributed by atoms with Crippen molar-refractivity contribution in [1.82, 2.24) is 15.5 Å². The summed E-state index contributed by atoms with van der Waals surface area (Å²) in [5, 5.41) is 5.96. The molecule has 6 heteroatoms. The van der Waals surface area contributed by atoms with Gasteiger partial charge in [-0.2, -0.15) is 0 Å². The van der Waals surface area contributed by atoms with Gasteiger partial charge in [0.25, 0.3) is 5.91 Å². The van der Waals surface area contributed by atoms with Gasteiger partial charge in [0.2, 0.25) is 0 Å². The SMILES string of the molecule is CNC[C@@H]1COCCN1C(=O)/C(=C/CN)NC. The second-order valence-electron chi connectivity index (χ2n) is 3.89. The number of morpholine rings is 1. The number of amides is 1. The largest absolute Gasteiger partial charge is 0.384 e. The Hall–Kier alpha value is -1.11. The number of nitrogens with two attached hydrogens (primary N) is 1. The molecule has 1 fully saturated rings. The number of hydrogen-bond donors (Lipinski definition) is 3. The van der Waals surface area contributed by atoms with Crippen LogP contribution in [0.15, 0.2) is 11.8 Å². The summed E-state index contributed by atoms with van der Waals surface area (Å²) >= 11 is 0. The lowest BCUT2D eigenvalue weighted by atomic mass is 10.2. The average molecular weight is 242 g/mol. The quantitative estimate of drug-likeness (QED) is 0.511. The lowest BCUT2D eigenvalue weighted by molar-refractivity contribution is -0.135. The molecule has 0 saturated carbocycles. The first kappa shape index (κ1) is 14.0. The Balaban J connectivity index is 2.73. The molecule has 1 amide bonds. The number of ether oxygens (including phenoxy) is 1. The van der Waals surface area contributed by atoms with E-state index in [1.54, 1.807) is 13.1 Å². The van der Waals surface area contributed by atoms with E-state index in [1.807, 2.05) is 11.9 Å². The number of nitrogens with one attached hydrogen (secondary N) is 2. The third-order valence-electron chi connectivity index (χ3n) is 2.75. The predicted molar refractivity (Wildman–Crippen MR) is 66.4 cm³/mol. The Labute approximate surface area is 102 Å². The maximum atomic E-state index is 12.3. The van der Waals surface area contributed by atoms with Gasteiger partial charge in [-0.3, -0.25) is 4.79 Å². The van der Waals surface area contributed by atoms with Crippen molar-refractivity contribution in [2.75, 3.05) is 46.9 Å². The molecule has 1 aliphatic rings. The minimum atomic E-state index is -0.0125. The fourth-order valence-corrected chi connectivity index (χ4v) is 1.90. The van der Waals surface area contributed by atoms with Crippen LogP contribution < -0.4 is 16.4 Å². The van der Waals surface area contributed by atoms with Crippen molar-refractivity contribution in [1.29, 1.82) is 0 Å². The zero-order chi connectivity index (χ0) is 12.7. The number of likely N-dealkylation sites (N-methyl/N-ethyl adjacent to an activating group) is 2. The molecule has 1 saturated heterocycles. The third kappa shape index (κ3) is 3.69. The molecule has 1 atom stereocenters. The first-order valence-electron chi connectivity index (χ1n) is 5.85. The third-order valence-corrected chi connectivity index (χ3v) is 2.75. The standard InChI is InChI=1S/C11H22N4O2/c1-13-7-9-8-17-6-5-15(9)11(16)10(14-2)3-4-12/h3,9,13-14H,4-8,12H2,1-2H3/b10-3-/t9-/m1/s1. The highest BCUT2D eigenvalue weighted by atomic mass is 16.5. The smallest absolute Gasteiger partial charge is 0.270 e. The van der Waals surface area contributed by atoms with Crippen LogP contribution in [0, 0.1) is 0 Å². The van der Waals surface area contributed by atoms with Gasteiger partial charge in [-0.15, -0.1) is 0 Å². The van der Waals surface area contributed by atoms with Crippen LogP contribution in [0.1, 0.15) is 0 Å². The monoisotopic (exact) mass is 242 g/mol. The molecule has 1 heterocycles. The van der Waals surface area contributed by atoms with E-state index in [2.05, 4.69) is 10.6 Å². The number of hydrogen-bond acceptors (Lipinski definition) is 5. The molecular weight excluding hydrogens is 220 g/mol.